The lowest BCUT2D eigenvalue weighted by molar-refractivity contribution is -0.119. The van der Waals surface area contributed by atoms with Crippen LogP contribution in [0.1, 0.15) is 22.8 Å². The van der Waals surface area contributed by atoms with Crippen molar-refractivity contribution in [3.63, 3.8) is 0 Å². The third kappa shape index (κ3) is 3.71. The minimum absolute atomic E-state index is 0.0693. The number of anilines is 1. The molecule has 4 rings (SSSR count). The lowest BCUT2D eigenvalue weighted by Gasteiger charge is -2.19. The number of carbonyl (C=O) groups excluding carboxylic acids is 2. The average Bonchev–Trinajstić information content (AvgIpc) is 3.43. The molecule has 30 heavy (non-hydrogen) atoms. The maximum atomic E-state index is 13.1. The lowest BCUT2D eigenvalue weighted by Crippen LogP contribution is -2.32. The number of likely N-dealkylation sites (N-methyl/N-ethyl adjacent to an activating group) is 1. The first-order valence-corrected chi connectivity index (χ1v) is 10.5. The van der Waals surface area contributed by atoms with Crippen LogP contribution in [0.2, 0.25) is 0 Å². The molecule has 1 amide bonds. The Morgan fingerprint density at radius 2 is 1.97 bits per heavy atom. The van der Waals surface area contributed by atoms with E-state index in [1.165, 1.54) is 11.3 Å². The van der Waals surface area contributed by atoms with Gasteiger partial charge in [0.2, 0.25) is 5.91 Å². The molecule has 0 saturated carbocycles. The molecule has 0 bridgehead atoms. The number of thiazole rings is 1. The average molecular weight is 420 g/mol. The molecule has 2 heterocycles. The van der Waals surface area contributed by atoms with Crippen molar-refractivity contribution in [3.05, 3.63) is 77.6 Å². The highest BCUT2D eigenvalue weighted by molar-refractivity contribution is 7.14. The molecule has 7 heteroatoms. The van der Waals surface area contributed by atoms with Crippen LogP contribution in [0.4, 0.5) is 5.00 Å². The molecule has 4 aromatic rings. The van der Waals surface area contributed by atoms with E-state index in [0.717, 1.165) is 15.9 Å². The summed E-state index contributed by atoms with van der Waals surface area (Å²) >= 11 is 1.42. The molecule has 2 aromatic heterocycles. The Morgan fingerprint density at radius 3 is 2.63 bits per heavy atom. The highest BCUT2D eigenvalue weighted by Crippen LogP contribution is 2.28. The highest BCUT2D eigenvalue weighted by Gasteiger charge is 2.21. The molecular weight excluding hydrogens is 398 g/mol. The maximum absolute atomic E-state index is 13.1. The number of amides is 1. The van der Waals surface area contributed by atoms with Crippen molar-refractivity contribution in [2.24, 2.45) is 0 Å². The van der Waals surface area contributed by atoms with E-state index in [0.29, 0.717) is 23.4 Å². The third-order valence-electron chi connectivity index (χ3n) is 4.98. The van der Waals surface area contributed by atoms with E-state index in [4.69, 9.17) is 4.74 Å². The molecule has 0 radical (unpaired) electrons. The fourth-order valence-electron chi connectivity index (χ4n) is 3.48. The van der Waals surface area contributed by atoms with E-state index in [1.54, 1.807) is 42.0 Å². The van der Waals surface area contributed by atoms with E-state index < -0.39 is 0 Å². The number of nitrogens with zero attached hydrogens (tertiary/aromatic N) is 3. The standard InChI is InChI=1S/C23H21N3O3S/c1-3-26(22-12-24-15-30-22)21(27)14-25-13-19(23(28)16-7-5-4-6-8-16)18-10-9-17(29-2)11-20(18)25/h4-13,15H,3,14H2,1-2H3. The second kappa shape index (κ2) is 8.51. The van der Waals surface area contributed by atoms with Gasteiger partial charge in [-0.1, -0.05) is 30.3 Å². The van der Waals surface area contributed by atoms with Crippen LogP contribution in [-0.4, -0.2) is 34.9 Å². The minimum Gasteiger partial charge on any atom is -0.497 e. The van der Waals surface area contributed by atoms with Gasteiger partial charge in [0, 0.05) is 35.3 Å². The number of carbonyl (C=O) groups is 2. The fraction of sp³-hybridized carbons (Fsp3) is 0.174. The van der Waals surface area contributed by atoms with Crippen LogP contribution in [0.25, 0.3) is 10.9 Å². The van der Waals surface area contributed by atoms with Crippen molar-refractivity contribution in [3.8, 4) is 5.75 Å². The fourth-order valence-corrected chi connectivity index (χ4v) is 4.19. The van der Waals surface area contributed by atoms with Crippen molar-refractivity contribution < 1.29 is 14.3 Å². The Labute approximate surface area is 178 Å². The molecule has 0 aliphatic heterocycles. The molecule has 0 aliphatic carbocycles. The third-order valence-corrected chi connectivity index (χ3v) is 5.77. The van der Waals surface area contributed by atoms with Crippen molar-refractivity contribution in [1.82, 2.24) is 9.55 Å². The second-order valence-corrected chi connectivity index (χ2v) is 7.59. The lowest BCUT2D eigenvalue weighted by atomic mass is 10.0. The molecule has 0 atom stereocenters. The summed E-state index contributed by atoms with van der Waals surface area (Å²) in [6.07, 6.45) is 3.45. The van der Waals surface area contributed by atoms with E-state index >= 15 is 0 Å². The number of hydrogen-bond donors (Lipinski definition) is 0. The molecule has 152 valence electrons. The van der Waals surface area contributed by atoms with Crippen LogP contribution >= 0.6 is 11.3 Å². The number of rotatable bonds is 7. The number of aromatic nitrogens is 2. The largest absolute Gasteiger partial charge is 0.497 e. The second-order valence-electron chi connectivity index (χ2n) is 6.73. The zero-order chi connectivity index (χ0) is 21.1. The predicted octanol–water partition coefficient (Wildman–Crippen LogP) is 4.39. The molecule has 0 N–H and O–H groups in total. The summed E-state index contributed by atoms with van der Waals surface area (Å²) in [6.45, 7) is 2.58. The van der Waals surface area contributed by atoms with Crippen LogP contribution in [0.3, 0.4) is 0 Å². The summed E-state index contributed by atoms with van der Waals surface area (Å²) in [4.78, 5) is 32.0. The van der Waals surface area contributed by atoms with Gasteiger partial charge in [-0.25, -0.2) is 0 Å². The molecule has 0 unspecified atom stereocenters. The first-order chi connectivity index (χ1) is 14.6. The molecule has 0 aliphatic rings. The van der Waals surface area contributed by atoms with Gasteiger partial charge in [-0.05, 0) is 19.1 Å². The smallest absolute Gasteiger partial charge is 0.247 e. The molecule has 6 nitrogen and oxygen atoms in total. The van der Waals surface area contributed by atoms with E-state index in [9.17, 15) is 9.59 Å². The van der Waals surface area contributed by atoms with Gasteiger partial charge < -0.3 is 14.2 Å². The molecular formula is C23H21N3O3S. The molecule has 0 spiro atoms. The van der Waals surface area contributed by atoms with Crippen molar-refractivity contribution >= 4 is 38.9 Å². The SMILES string of the molecule is CCN(C(=O)Cn1cc(C(=O)c2ccccc2)c2ccc(OC)cc21)c1cncs1. The molecule has 0 saturated heterocycles. The molecule has 0 fully saturated rings. The Balaban J connectivity index is 1.75. The summed E-state index contributed by atoms with van der Waals surface area (Å²) in [5.41, 5.74) is 3.66. The highest BCUT2D eigenvalue weighted by atomic mass is 32.1. The Hall–Kier alpha value is -3.45. The number of benzene rings is 2. The molecule has 2 aromatic carbocycles. The van der Waals surface area contributed by atoms with E-state index in [1.807, 2.05) is 47.9 Å². The van der Waals surface area contributed by atoms with E-state index in [-0.39, 0.29) is 18.2 Å². The van der Waals surface area contributed by atoms with Gasteiger partial charge in [0.25, 0.3) is 0 Å². The maximum Gasteiger partial charge on any atom is 0.247 e. The number of ether oxygens (including phenoxy) is 1. The summed E-state index contributed by atoms with van der Waals surface area (Å²) < 4.78 is 7.18. The van der Waals surface area contributed by atoms with Crippen LogP contribution in [0.15, 0.2) is 66.4 Å². The first-order valence-electron chi connectivity index (χ1n) is 9.58. The minimum atomic E-state index is -0.0771. The summed E-state index contributed by atoms with van der Waals surface area (Å²) in [5.74, 6) is 0.523. The quantitative estimate of drug-likeness (QED) is 0.417. The normalized spacial score (nSPS) is 10.9. The van der Waals surface area contributed by atoms with Crippen LogP contribution in [0, 0.1) is 0 Å². The number of hydrogen-bond acceptors (Lipinski definition) is 5. The van der Waals surface area contributed by atoms with Crippen LogP contribution < -0.4 is 9.64 Å². The van der Waals surface area contributed by atoms with Crippen molar-refractivity contribution in [1.29, 1.82) is 0 Å². The van der Waals surface area contributed by atoms with Gasteiger partial charge in [0.15, 0.2) is 5.78 Å². The monoisotopic (exact) mass is 419 g/mol. The van der Waals surface area contributed by atoms with Gasteiger partial charge >= 0.3 is 0 Å². The zero-order valence-corrected chi connectivity index (χ0v) is 17.6. The Bertz CT molecular complexity index is 1180. The number of methoxy groups -OCH3 is 1. The van der Waals surface area contributed by atoms with Gasteiger partial charge in [-0.2, -0.15) is 0 Å². The predicted molar refractivity (Wildman–Crippen MR) is 119 cm³/mol. The Kier molecular flexibility index (Phi) is 5.63. The number of fused-ring (bicyclic) bond motifs is 1. The summed E-state index contributed by atoms with van der Waals surface area (Å²) in [6, 6.07) is 14.7. The van der Waals surface area contributed by atoms with E-state index in [2.05, 4.69) is 4.98 Å². The van der Waals surface area contributed by atoms with Gasteiger partial charge in [0.1, 0.15) is 17.3 Å². The summed E-state index contributed by atoms with van der Waals surface area (Å²) in [7, 11) is 1.60. The zero-order valence-electron chi connectivity index (χ0n) is 16.7. The summed E-state index contributed by atoms with van der Waals surface area (Å²) in [5, 5.41) is 1.59. The van der Waals surface area contributed by atoms with Crippen molar-refractivity contribution in [2.75, 3.05) is 18.6 Å². The van der Waals surface area contributed by atoms with Gasteiger partial charge in [-0.3, -0.25) is 14.6 Å². The topological polar surface area (TPSA) is 64.4 Å². The van der Waals surface area contributed by atoms with Gasteiger partial charge in [0.05, 0.1) is 24.3 Å². The first kappa shape index (κ1) is 19.8. The van der Waals surface area contributed by atoms with Gasteiger partial charge in [-0.15, -0.1) is 11.3 Å². The van der Waals surface area contributed by atoms with Crippen LogP contribution in [-0.2, 0) is 11.3 Å². The van der Waals surface area contributed by atoms with Crippen LogP contribution in [0.5, 0.6) is 5.75 Å². The Morgan fingerprint density at radius 1 is 1.17 bits per heavy atom. The van der Waals surface area contributed by atoms with Crippen molar-refractivity contribution in [2.45, 2.75) is 13.5 Å². The number of ketones is 1.